The second-order valence-electron chi connectivity index (χ2n) is 7.18. The molecule has 1 aromatic carbocycles. The summed E-state index contributed by atoms with van der Waals surface area (Å²) in [5.74, 6) is 0.175. The van der Waals surface area contributed by atoms with Crippen LogP contribution in [0.4, 0.5) is 9.59 Å². The second kappa shape index (κ2) is 12.9. The third-order valence-electron chi connectivity index (χ3n) is 5.26. The second-order valence-corrected chi connectivity index (χ2v) is 11.8. The quantitative estimate of drug-likeness (QED) is 0.256. The summed E-state index contributed by atoms with van der Waals surface area (Å²) in [4.78, 5) is 37.3. The van der Waals surface area contributed by atoms with E-state index in [0.717, 1.165) is 47.0 Å². The Balaban J connectivity index is 2.31. The van der Waals surface area contributed by atoms with Crippen molar-refractivity contribution in [1.29, 1.82) is 10.5 Å². The molecule has 0 atom stereocenters. The first kappa shape index (κ1) is 29.2. The van der Waals surface area contributed by atoms with Gasteiger partial charge in [-0.25, -0.2) is 9.59 Å². The molecule has 2 amide bonds. The van der Waals surface area contributed by atoms with E-state index in [1.165, 1.54) is 9.80 Å². The number of benzene rings is 1. The maximum Gasteiger partial charge on any atom is 0.540 e. The summed E-state index contributed by atoms with van der Waals surface area (Å²) in [6.45, 7) is 23.7. The lowest BCUT2D eigenvalue weighted by Gasteiger charge is -2.22. The lowest BCUT2D eigenvalue weighted by molar-refractivity contribution is 0.150. The van der Waals surface area contributed by atoms with Crippen LogP contribution in [0.2, 0.25) is 0 Å². The number of amides is 2. The normalized spacial score (nSPS) is 12.7. The van der Waals surface area contributed by atoms with Crippen LogP contribution in [0.3, 0.4) is 0 Å². The summed E-state index contributed by atoms with van der Waals surface area (Å²) in [7, 11) is 0. The Kier molecular flexibility index (Phi) is 9.90. The van der Waals surface area contributed by atoms with Crippen LogP contribution >= 0.6 is 47.0 Å². The van der Waals surface area contributed by atoms with Crippen LogP contribution in [0, 0.1) is 35.8 Å². The molecule has 0 spiro atoms. The number of nitrogens with zero attached hydrogens (tertiary/aromatic N) is 6. The number of hydrogen-bond donors (Lipinski definition) is 0. The molecule has 0 aromatic heterocycles. The van der Waals surface area contributed by atoms with Gasteiger partial charge in [0, 0.05) is 26.2 Å². The van der Waals surface area contributed by atoms with Crippen LogP contribution in [-0.4, -0.2) is 48.2 Å². The van der Waals surface area contributed by atoms with E-state index in [9.17, 15) is 20.1 Å². The molecule has 0 saturated carbocycles. The first-order chi connectivity index (χ1) is 18.3. The van der Waals surface area contributed by atoms with Gasteiger partial charge in [0.1, 0.15) is 35.1 Å². The highest BCUT2D eigenvalue weighted by atomic mass is 32.2. The SMILES string of the molecule is [C-]#[N+]C([N+]#[C-])=C1Sc2c(OC(=O)N(CC)CC)c3c(c(OC(=O)N(CC)CC)c2S1)SC(=C(C#N)C#N)S3. The standard InChI is InChI=1S/C24H20N6O4S4/c1-7-29(8-2)23(31)33-14-16-17(36-21(35-16)13(11-25)12-26)15(34-24(32)30(9-3)10-4)19-18(14)37-22(38-19)20(27-5)28-6/h7-10H2,1-4H3. The molecule has 3 rings (SSSR count). The fourth-order valence-electron chi connectivity index (χ4n) is 3.28. The number of nitriles is 2. The van der Waals surface area contributed by atoms with Crippen molar-refractivity contribution in [3.8, 4) is 23.6 Å². The number of allylic oxidation sites excluding steroid dienone is 1. The average Bonchev–Trinajstić information content (AvgIpc) is 3.55. The molecular weight excluding hydrogens is 565 g/mol. The fourth-order valence-corrected chi connectivity index (χ4v) is 8.42. The molecule has 194 valence electrons. The average molecular weight is 585 g/mol. The van der Waals surface area contributed by atoms with Gasteiger partial charge in [0.25, 0.3) is 0 Å². The summed E-state index contributed by atoms with van der Waals surface area (Å²) >= 11 is 4.32. The number of ether oxygens (including phenoxy) is 2. The highest BCUT2D eigenvalue weighted by Gasteiger charge is 2.41. The van der Waals surface area contributed by atoms with E-state index >= 15 is 0 Å². The minimum Gasteiger partial charge on any atom is -0.408 e. The van der Waals surface area contributed by atoms with Crippen molar-refractivity contribution in [3.63, 3.8) is 0 Å². The van der Waals surface area contributed by atoms with Crippen molar-refractivity contribution in [2.45, 2.75) is 47.3 Å². The lowest BCUT2D eigenvalue weighted by atomic mass is 10.3. The number of thioether (sulfide) groups is 4. The Hall–Kier alpha value is -3.40. The van der Waals surface area contributed by atoms with Crippen LogP contribution in [0.15, 0.2) is 39.5 Å². The fraction of sp³-hybridized carbons (Fsp3) is 0.333. The molecule has 2 aliphatic heterocycles. The summed E-state index contributed by atoms with van der Waals surface area (Å²) in [5.41, 5.74) is -0.123. The summed E-state index contributed by atoms with van der Waals surface area (Å²) in [6, 6.07) is 3.75. The van der Waals surface area contributed by atoms with E-state index in [1.54, 1.807) is 0 Å². The molecule has 0 bridgehead atoms. The Morgan fingerprint density at radius 1 is 0.737 bits per heavy atom. The predicted molar refractivity (Wildman–Crippen MR) is 146 cm³/mol. The zero-order chi connectivity index (χ0) is 28.0. The molecule has 38 heavy (non-hydrogen) atoms. The van der Waals surface area contributed by atoms with Crippen LogP contribution in [0.5, 0.6) is 11.5 Å². The summed E-state index contributed by atoms with van der Waals surface area (Å²) in [5, 5.41) is 18.9. The number of hydrogen-bond acceptors (Lipinski definition) is 10. The van der Waals surface area contributed by atoms with Gasteiger partial charge < -0.3 is 19.3 Å². The number of fused-ring (bicyclic) bond motifs is 2. The maximum absolute atomic E-state index is 13.0. The molecule has 2 heterocycles. The van der Waals surface area contributed by atoms with Gasteiger partial charge in [-0.1, -0.05) is 47.0 Å². The Labute approximate surface area is 237 Å². The van der Waals surface area contributed by atoms with Crippen molar-refractivity contribution in [1.82, 2.24) is 9.80 Å². The molecule has 10 nitrogen and oxygen atoms in total. The smallest absolute Gasteiger partial charge is 0.408 e. The monoisotopic (exact) mass is 584 g/mol. The Morgan fingerprint density at radius 3 is 1.37 bits per heavy atom. The maximum atomic E-state index is 13.0. The molecular formula is C24H20N6O4S4. The van der Waals surface area contributed by atoms with Crippen molar-refractivity contribution in [2.75, 3.05) is 26.2 Å². The number of carbonyl (C=O) groups excluding carboxylic acids is 2. The zero-order valence-electron chi connectivity index (χ0n) is 20.8. The minimum absolute atomic E-state index is 0.123. The molecule has 0 saturated heterocycles. The molecule has 1 aromatic rings. The van der Waals surface area contributed by atoms with Crippen LogP contribution in [0.25, 0.3) is 9.69 Å². The van der Waals surface area contributed by atoms with Crippen LogP contribution < -0.4 is 9.47 Å². The van der Waals surface area contributed by atoms with Gasteiger partial charge in [-0.15, -0.1) is 0 Å². The van der Waals surface area contributed by atoms with Crippen molar-refractivity contribution >= 4 is 59.2 Å². The van der Waals surface area contributed by atoms with Crippen LogP contribution in [-0.2, 0) is 0 Å². The number of carbonyl (C=O) groups is 2. The lowest BCUT2D eigenvalue weighted by Crippen LogP contribution is -2.33. The first-order valence-corrected chi connectivity index (χ1v) is 14.5. The van der Waals surface area contributed by atoms with E-state index in [1.807, 2.05) is 39.8 Å². The van der Waals surface area contributed by atoms with Gasteiger partial charge in [-0.05, 0) is 27.7 Å². The van der Waals surface area contributed by atoms with E-state index < -0.39 is 12.2 Å². The van der Waals surface area contributed by atoms with E-state index in [4.69, 9.17) is 22.6 Å². The van der Waals surface area contributed by atoms with Gasteiger partial charge in [-0.2, -0.15) is 20.2 Å². The van der Waals surface area contributed by atoms with Gasteiger partial charge in [0.2, 0.25) is 0 Å². The van der Waals surface area contributed by atoms with Gasteiger partial charge in [0.05, 0.1) is 23.8 Å². The zero-order valence-corrected chi connectivity index (χ0v) is 24.0. The molecule has 14 heteroatoms. The topological polar surface area (TPSA) is 115 Å². The van der Waals surface area contributed by atoms with Crippen molar-refractivity contribution < 1.29 is 19.1 Å². The van der Waals surface area contributed by atoms with E-state index in [2.05, 4.69) is 9.69 Å². The molecule has 0 N–H and O–H groups in total. The van der Waals surface area contributed by atoms with Gasteiger partial charge in [0.15, 0.2) is 11.5 Å². The summed E-state index contributed by atoms with van der Waals surface area (Å²) in [6.07, 6.45) is -1.20. The highest BCUT2D eigenvalue weighted by Crippen LogP contribution is 2.68. The first-order valence-electron chi connectivity index (χ1n) is 11.2. The molecule has 0 aliphatic carbocycles. The molecule has 2 aliphatic rings. The summed E-state index contributed by atoms with van der Waals surface area (Å²) < 4.78 is 12.5. The number of rotatable bonds is 6. The molecule has 0 radical (unpaired) electrons. The minimum atomic E-state index is -0.602. The molecule has 0 unspecified atom stereocenters. The third kappa shape index (κ3) is 5.55. The third-order valence-corrected chi connectivity index (χ3v) is 10.4. The van der Waals surface area contributed by atoms with Crippen molar-refractivity contribution in [2.24, 2.45) is 0 Å². The Bertz CT molecular complexity index is 1240. The van der Waals surface area contributed by atoms with Gasteiger partial charge >= 0.3 is 18.0 Å². The van der Waals surface area contributed by atoms with Crippen molar-refractivity contribution in [3.05, 3.63) is 42.7 Å². The molecule has 0 fully saturated rings. The van der Waals surface area contributed by atoms with E-state index in [-0.39, 0.29) is 22.9 Å². The van der Waals surface area contributed by atoms with Crippen LogP contribution in [0.1, 0.15) is 27.7 Å². The highest BCUT2D eigenvalue weighted by molar-refractivity contribution is 8.26. The Morgan fingerprint density at radius 2 is 1.08 bits per heavy atom. The predicted octanol–water partition coefficient (Wildman–Crippen LogP) is 6.99. The van der Waals surface area contributed by atoms with Gasteiger partial charge in [-0.3, -0.25) is 0 Å². The largest absolute Gasteiger partial charge is 0.540 e. The van der Waals surface area contributed by atoms with E-state index in [0.29, 0.717) is 54.2 Å².